The zero-order valence-corrected chi connectivity index (χ0v) is 14.4. The Morgan fingerprint density at radius 3 is 2.92 bits per heavy atom. The molecule has 24 heavy (non-hydrogen) atoms. The zero-order chi connectivity index (χ0) is 16.4. The average molecular weight is 326 g/mol. The first-order valence-corrected chi connectivity index (χ1v) is 9.18. The van der Waals surface area contributed by atoms with E-state index in [0.29, 0.717) is 5.92 Å². The van der Waals surface area contributed by atoms with Crippen molar-refractivity contribution < 1.29 is 4.74 Å². The third-order valence-electron chi connectivity index (χ3n) is 5.29. The average Bonchev–Trinajstić information content (AvgIpc) is 3.27. The van der Waals surface area contributed by atoms with Gasteiger partial charge >= 0.3 is 0 Å². The summed E-state index contributed by atoms with van der Waals surface area (Å²) in [5.74, 6) is 2.57. The Balaban J connectivity index is 1.52. The lowest BCUT2D eigenvalue weighted by atomic mass is 9.96. The van der Waals surface area contributed by atoms with E-state index < -0.39 is 0 Å². The number of nitrogens with zero attached hydrogens (tertiary/aromatic N) is 3. The summed E-state index contributed by atoms with van der Waals surface area (Å²) in [4.78, 5) is 6.90. The predicted molar refractivity (Wildman–Crippen MR) is 93.3 cm³/mol. The first kappa shape index (κ1) is 15.6. The number of H-pyrrole nitrogens is 1. The Kier molecular flexibility index (Phi) is 4.52. The second kappa shape index (κ2) is 6.93. The summed E-state index contributed by atoms with van der Waals surface area (Å²) in [5, 5.41) is 7.05. The van der Waals surface area contributed by atoms with Crippen LogP contribution in [-0.4, -0.2) is 39.8 Å². The molecule has 5 nitrogen and oxygen atoms in total. The highest BCUT2D eigenvalue weighted by atomic mass is 16.5. The molecular weight excluding hydrogens is 300 g/mol. The second-order valence-corrected chi connectivity index (χ2v) is 6.96. The van der Waals surface area contributed by atoms with Gasteiger partial charge in [0.1, 0.15) is 17.9 Å². The van der Waals surface area contributed by atoms with E-state index in [2.05, 4.69) is 39.1 Å². The van der Waals surface area contributed by atoms with Gasteiger partial charge in [-0.25, -0.2) is 4.98 Å². The molecule has 1 aliphatic heterocycles. The summed E-state index contributed by atoms with van der Waals surface area (Å²) in [5.41, 5.74) is 4.35. The Morgan fingerprint density at radius 2 is 2.12 bits per heavy atom. The molecule has 5 heteroatoms. The van der Waals surface area contributed by atoms with E-state index in [0.717, 1.165) is 37.8 Å². The van der Waals surface area contributed by atoms with Crippen LogP contribution in [0.4, 0.5) is 0 Å². The van der Waals surface area contributed by atoms with Gasteiger partial charge in [-0.2, -0.15) is 5.10 Å². The number of nitrogens with one attached hydrogen (secondary N) is 1. The number of piperidine rings is 1. The number of hydrogen-bond donors (Lipinski definition) is 1. The van der Waals surface area contributed by atoms with Gasteiger partial charge in [-0.15, -0.1) is 0 Å². The van der Waals surface area contributed by atoms with Crippen molar-refractivity contribution in [3.63, 3.8) is 0 Å². The number of hydrogen-bond acceptors (Lipinski definition) is 4. The number of fused-ring (bicyclic) bond motifs is 1. The van der Waals surface area contributed by atoms with Crippen molar-refractivity contribution in [3.05, 3.63) is 41.0 Å². The standard InChI is InChI=1S/C19H26N4O/c1-2-24-18-10-15-6-3-5-14(15)9-17(18)12-23-8-4-7-16(11-23)19-20-13-21-22-19/h9-10,13,16H,2-8,11-12H2,1H3,(H,20,21,22)/t16-/m1/s1. The van der Waals surface area contributed by atoms with Gasteiger partial charge < -0.3 is 4.74 Å². The number of ether oxygens (including phenoxy) is 1. The molecule has 0 spiro atoms. The fraction of sp³-hybridized carbons (Fsp3) is 0.579. The number of aromatic amines is 1. The molecule has 0 unspecified atom stereocenters. The van der Waals surface area contributed by atoms with Crippen molar-refractivity contribution in [3.8, 4) is 5.75 Å². The molecule has 2 aromatic rings. The fourth-order valence-electron chi connectivity index (χ4n) is 4.14. The number of rotatable bonds is 5. The molecule has 1 aromatic heterocycles. The van der Waals surface area contributed by atoms with Crippen LogP contribution in [-0.2, 0) is 19.4 Å². The van der Waals surface area contributed by atoms with E-state index >= 15 is 0 Å². The van der Waals surface area contributed by atoms with Crippen LogP contribution in [0.2, 0.25) is 0 Å². The second-order valence-electron chi connectivity index (χ2n) is 6.96. The molecule has 1 saturated heterocycles. The van der Waals surface area contributed by atoms with Gasteiger partial charge in [0.15, 0.2) is 0 Å². The Hall–Kier alpha value is -1.88. The van der Waals surface area contributed by atoms with Gasteiger partial charge in [-0.05, 0) is 62.8 Å². The number of likely N-dealkylation sites (tertiary alicyclic amines) is 1. The molecule has 0 saturated carbocycles. The smallest absolute Gasteiger partial charge is 0.137 e. The number of aromatic nitrogens is 3. The lowest BCUT2D eigenvalue weighted by Gasteiger charge is -2.32. The van der Waals surface area contributed by atoms with Crippen molar-refractivity contribution in [2.75, 3.05) is 19.7 Å². The van der Waals surface area contributed by atoms with Gasteiger partial charge in [0, 0.05) is 24.6 Å². The summed E-state index contributed by atoms with van der Waals surface area (Å²) >= 11 is 0. The van der Waals surface area contributed by atoms with E-state index in [9.17, 15) is 0 Å². The monoisotopic (exact) mass is 326 g/mol. The van der Waals surface area contributed by atoms with E-state index in [4.69, 9.17) is 4.74 Å². The van der Waals surface area contributed by atoms with Gasteiger partial charge in [0.05, 0.1) is 6.61 Å². The lowest BCUT2D eigenvalue weighted by Crippen LogP contribution is -2.34. The molecule has 1 aromatic carbocycles. The fourth-order valence-corrected chi connectivity index (χ4v) is 4.14. The lowest BCUT2D eigenvalue weighted by molar-refractivity contribution is 0.193. The maximum atomic E-state index is 5.95. The summed E-state index contributed by atoms with van der Waals surface area (Å²) < 4.78 is 5.95. The molecule has 0 radical (unpaired) electrons. The molecule has 1 N–H and O–H groups in total. The van der Waals surface area contributed by atoms with Crippen molar-refractivity contribution in [2.24, 2.45) is 0 Å². The molecule has 2 aliphatic rings. The summed E-state index contributed by atoms with van der Waals surface area (Å²) in [6, 6.07) is 4.68. The first-order valence-electron chi connectivity index (χ1n) is 9.18. The third-order valence-corrected chi connectivity index (χ3v) is 5.29. The maximum absolute atomic E-state index is 5.95. The van der Waals surface area contributed by atoms with Crippen LogP contribution >= 0.6 is 0 Å². The van der Waals surface area contributed by atoms with Crippen LogP contribution in [0.25, 0.3) is 0 Å². The molecule has 1 fully saturated rings. The van der Waals surface area contributed by atoms with E-state index in [1.54, 1.807) is 6.33 Å². The molecular formula is C19H26N4O. The predicted octanol–water partition coefficient (Wildman–Crippen LogP) is 3.07. The maximum Gasteiger partial charge on any atom is 0.137 e. The van der Waals surface area contributed by atoms with Crippen LogP contribution in [0.1, 0.15) is 54.6 Å². The van der Waals surface area contributed by atoms with Gasteiger partial charge in [-0.3, -0.25) is 10.00 Å². The van der Waals surface area contributed by atoms with Gasteiger partial charge in [0.25, 0.3) is 0 Å². The normalized spacial score (nSPS) is 21.0. The Bertz CT molecular complexity index is 683. The highest BCUT2D eigenvalue weighted by Gasteiger charge is 2.25. The molecule has 0 amide bonds. The molecule has 4 rings (SSSR count). The van der Waals surface area contributed by atoms with Crippen LogP contribution in [0.5, 0.6) is 5.75 Å². The molecule has 1 atom stereocenters. The van der Waals surface area contributed by atoms with Crippen LogP contribution in [0, 0.1) is 0 Å². The van der Waals surface area contributed by atoms with Crippen LogP contribution in [0.15, 0.2) is 18.5 Å². The van der Waals surface area contributed by atoms with Gasteiger partial charge in [0.2, 0.25) is 0 Å². The quantitative estimate of drug-likeness (QED) is 0.917. The molecule has 1 aliphatic carbocycles. The largest absolute Gasteiger partial charge is 0.494 e. The van der Waals surface area contributed by atoms with Crippen molar-refractivity contribution in [1.82, 2.24) is 20.1 Å². The van der Waals surface area contributed by atoms with Crippen molar-refractivity contribution >= 4 is 0 Å². The van der Waals surface area contributed by atoms with E-state index in [-0.39, 0.29) is 0 Å². The zero-order valence-electron chi connectivity index (χ0n) is 14.4. The van der Waals surface area contributed by atoms with Crippen LogP contribution in [0.3, 0.4) is 0 Å². The summed E-state index contributed by atoms with van der Waals surface area (Å²) in [6.45, 7) is 5.95. The summed E-state index contributed by atoms with van der Waals surface area (Å²) in [7, 11) is 0. The topological polar surface area (TPSA) is 54.0 Å². The minimum Gasteiger partial charge on any atom is -0.494 e. The SMILES string of the molecule is CCOc1cc2c(cc1CN1CCC[C@@H](c3ncn[nH]3)C1)CCC2. The number of aryl methyl sites for hydroxylation is 2. The molecule has 128 valence electrons. The highest BCUT2D eigenvalue weighted by Crippen LogP contribution is 2.32. The molecule has 0 bridgehead atoms. The Morgan fingerprint density at radius 1 is 1.25 bits per heavy atom. The summed E-state index contributed by atoms with van der Waals surface area (Å²) in [6.07, 6.45) is 7.71. The van der Waals surface area contributed by atoms with Crippen LogP contribution < -0.4 is 4.74 Å². The van der Waals surface area contributed by atoms with Gasteiger partial charge in [-0.1, -0.05) is 6.07 Å². The van der Waals surface area contributed by atoms with Crippen molar-refractivity contribution in [2.45, 2.75) is 51.5 Å². The minimum atomic E-state index is 0.464. The first-order chi connectivity index (χ1) is 11.8. The number of benzene rings is 1. The van der Waals surface area contributed by atoms with E-state index in [1.807, 2.05) is 0 Å². The molecule has 2 heterocycles. The van der Waals surface area contributed by atoms with E-state index in [1.165, 1.54) is 48.8 Å². The Labute approximate surface area is 143 Å². The third kappa shape index (κ3) is 3.18. The van der Waals surface area contributed by atoms with Crippen molar-refractivity contribution in [1.29, 1.82) is 0 Å². The minimum absolute atomic E-state index is 0.464. The highest BCUT2D eigenvalue weighted by molar-refractivity contribution is 5.45.